The van der Waals surface area contributed by atoms with E-state index in [-0.39, 0.29) is 0 Å². The molecule has 1 N–H and O–H groups in total. The van der Waals surface area contributed by atoms with Crippen molar-refractivity contribution < 1.29 is 5.11 Å². The highest BCUT2D eigenvalue weighted by Crippen LogP contribution is 2.30. The molecule has 0 aliphatic rings. The highest BCUT2D eigenvalue weighted by atomic mass is 32.1. The van der Waals surface area contributed by atoms with Crippen LogP contribution in [-0.2, 0) is 6.42 Å². The van der Waals surface area contributed by atoms with Gasteiger partial charge >= 0.3 is 0 Å². The van der Waals surface area contributed by atoms with E-state index in [0.717, 1.165) is 17.7 Å². The predicted octanol–water partition coefficient (Wildman–Crippen LogP) is 3.96. The Labute approximate surface area is 116 Å². The van der Waals surface area contributed by atoms with Gasteiger partial charge in [-0.05, 0) is 47.4 Å². The summed E-state index contributed by atoms with van der Waals surface area (Å²) in [5, 5.41) is 13.7. The van der Waals surface area contributed by atoms with Crippen LogP contribution in [0.25, 0.3) is 10.1 Å². The lowest BCUT2D eigenvalue weighted by atomic mass is 10.0. The first kappa shape index (κ1) is 12.3. The molecule has 0 amide bonds. The largest absolute Gasteiger partial charge is 0.388 e. The number of aryl methyl sites for hydroxylation is 1. The second-order valence-corrected chi connectivity index (χ2v) is 5.48. The molecule has 0 saturated carbocycles. The summed E-state index contributed by atoms with van der Waals surface area (Å²) in [5.41, 5.74) is 2.06. The molecule has 2 aromatic heterocycles. The summed E-state index contributed by atoms with van der Waals surface area (Å²) >= 11 is 1.69. The van der Waals surface area contributed by atoms with Gasteiger partial charge < -0.3 is 5.11 Å². The number of thiophene rings is 1. The zero-order chi connectivity index (χ0) is 13.1. The Bertz CT molecular complexity index is 663. The van der Waals surface area contributed by atoms with Gasteiger partial charge in [0.05, 0.1) is 6.10 Å². The summed E-state index contributed by atoms with van der Waals surface area (Å²) in [6, 6.07) is 14.1. The van der Waals surface area contributed by atoms with Crippen LogP contribution < -0.4 is 0 Å². The quantitative estimate of drug-likeness (QED) is 0.777. The van der Waals surface area contributed by atoms with Crippen LogP contribution in [-0.4, -0.2) is 10.1 Å². The number of nitrogens with zero attached hydrogens (tertiary/aromatic N) is 1. The van der Waals surface area contributed by atoms with Crippen LogP contribution in [0.15, 0.2) is 54.0 Å². The fourth-order valence-electron chi connectivity index (χ4n) is 2.26. The lowest BCUT2D eigenvalue weighted by Crippen LogP contribution is -2.00. The molecule has 0 saturated heterocycles. The molecule has 2 nitrogen and oxygen atoms in total. The van der Waals surface area contributed by atoms with E-state index in [4.69, 9.17) is 0 Å². The van der Waals surface area contributed by atoms with E-state index in [2.05, 4.69) is 22.5 Å². The summed E-state index contributed by atoms with van der Waals surface area (Å²) in [5.74, 6) is 0. The molecule has 3 aromatic rings. The van der Waals surface area contributed by atoms with Gasteiger partial charge in [0.15, 0.2) is 0 Å². The number of hydrogen-bond donors (Lipinski definition) is 1. The van der Waals surface area contributed by atoms with Gasteiger partial charge in [0.25, 0.3) is 0 Å². The average Bonchev–Trinajstić information content (AvgIpc) is 2.94. The molecule has 19 heavy (non-hydrogen) atoms. The van der Waals surface area contributed by atoms with Gasteiger partial charge in [-0.3, -0.25) is 4.98 Å². The molecule has 1 aromatic carbocycles. The van der Waals surface area contributed by atoms with Crippen molar-refractivity contribution in [1.82, 2.24) is 4.98 Å². The average molecular weight is 269 g/mol. The summed E-state index contributed by atoms with van der Waals surface area (Å²) in [6.45, 7) is 0. The van der Waals surface area contributed by atoms with Gasteiger partial charge in [0, 0.05) is 16.6 Å². The summed E-state index contributed by atoms with van der Waals surface area (Å²) in [7, 11) is 0. The summed E-state index contributed by atoms with van der Waals surface area (Å²) in [6.07, 6.45) is 2.86. The maximum absolute atomic E-state index is 10.4. The van der Waals surface area contributed by atoms with Crippen LogP contribution >= 0.6 is 11.3 Å². The van der Waals surface area contributed by atoms with Crippen molar-refractivity contribution in [2.75, 3.05) is 0 Å². The molecule has 3 rings (SSSR count). The zero-order valence-electron chi connectivity index (χ0n) is 10.5. The van der Waals surface area contributed by atoms with Crippen molar-refractivity contribution in [3.05, 3.63) is 65.3 Å². The fraction of sp³-hybridized carbons (Fsp3) is 0.188. The summed E-state index contributed by atoms with van der Waals surface area (Å²) < 4.78 is 1.19. The molecule has 0 fully saturated rings. The molecule has 1 atom stereocenters. The highest BCUT2D eigenvalue weighted by Gasteiger charge is 2.12. The van der Waals surface area contributed by atoms with Crippen LogP contribution in [0.2, 0.25) is 0 Å². The molecule has 0 bridgehead atoms. The topological polar surface area (TPSA) is 33.1 Å². The van der Waals surface area contributed by atoms with E-state index >= 15 is 0 Å². The van der Waals surface area contributed by atoms with Crippen molar-refractivity contribution in [2.45, 2.75) is 18.9 Å². The van der Waals surface area contributed by atoms with Crippen LogP contribution in [0, 0.1) is 0 Å². The second kappa shape index (κ2) is 5.51. The number of benzene rings is 1. The van der Waals surface area contributed by atoms with Gasteiger partial charge in [-0.2, -0.15) is 0 Å². The van der Waals surface area contributed by atoms with Gasteiger partial charge in [-0.15, -0.1) is 11.3 Å². The minimum Gasteiger partial charge on any atom is -0.388 e. The maximum atomic E-state index is 10.4. The third-order valence-corrected chi connectivity index (χ3v) is 4.25. The molecule has 0 aliphatic heterocycles. The molecule has 2 heterocycles. The molecule has 0 aliphatic carbocycles. The van der Waals surface area contributed by atoms with Crippen molar-refractivity contribution in [1.29, 1.82) is 0 Å². The van der Waals surface area contributed by atoms with Crippen molar-refractivity contribution in [2.24, 2.45) is 0 Å². The number of aromatic nitrogens is 1. The van der Waals surface area contributed by atoms with E-state index in [1.807, 2.05) is 30.3 Å². The Morgan fingerprint density at radius 2 is 2.05 bits per heavy atom. The molecule has 96 valence electrons. The van der Waals surface area contributed by atoms with Gasteiger partial charge in [-0.25, -0.2) is 0 Å². The first-order valence-corrected chi connectivity index (χ1v) is 7.26. The van der Waals surface area contributed by atoms with Crippen molar-refractivity contribution in [3.8, 4) is 0 Å². The maximum Gasteiger partial charge on any atom is 0.0807 e. The van der Waals surface area contributed by atoms with Gasteiger partial charge in [0.1, 0.15) is 0 Å². The smallest absolute Gasteiger partial charge is 0.0807 e. The predicted molar refractivity (Wildman–Crippen MR) is 79.3 cm³/mol. The third-order valence-electron chi connectivity index (χ3n) is 3.27. The van der Waals surface area contributed by atoms with Gasteiger partial charge in [0.2, 0.25) is 0 Å². The monoisotopic (exact) mass is 269 g/mol. The normalized spacial score (nSPS) is 12.7. The Morgan fingerprint density at radius 3 is 2.89 bits per heavy atom. The van der Waals surface area contributed by atoms with E-state index in [1.165, 1.54) is 10.1 Å². The molecule has 3 heteroatoms. The fourth-order valence-corrected chi connectivity index (χ4v) is 3.23. The van der Waals surface area contributed by atoms with E-state index in [1.54, 1.807) is 17.5 Å². The van der Waals surface area contributed by atoms with E-state index in [9.17, 15) is 5.11 Å². The zero-order valence-corrected chi connectivity index (χ0v) is 11.3. The molecular weight excluding hydrogens is 254 g/mol. The lowest BCUT2D eigenvalue weighted by Gasteiger charge is -2.11. The summed E-state index contributed by atoms with van der Waals surface area (Å²) in [4.78, 5) is 4.29. The number of fused-ring (bicyclic) bond motifs is 1. The first-order valence-electron chi connectivity index (χ1n) is 6.39. The van der Waals surface area contributed by atoms with Crippen LogP contribution in [0.4, 0.5) is 0 Å². The number of aliphatic hydroxyl groups excluding tert-OH is 1. The SMILES string of the molecule is OC(CCc1ccccn1)c1cccc2ccsc12. The highest BCUT2D eigenvalue weighted by molar-refractivity contribution is 7.17. The van der Waals surface area contributed by atoms with Gasteiger partial charge in [-0.1, -0.05) is 24.3 Å². The van der Waals surface area contributed by atoms with E-state index < -0.39 is 6.10 Å². The Balaban J connectivity index is 1.77. The lowest BCUT2D eigenvalue weighted by molar-refractivity contribution is 0.169. The molecule has 0 spiro atoms. The minimum atomic E-state index is -0.427. The number of rotatable bonds is 4. The van der Waals surface area contributed by atoms with E-state index in [0.29, 0.717) is 6.42 Å². The van der Waals surface area contributed by atoms with Crippen molar-refractivity contribution in [3.63, 3.8) is 0 Å². The Morgan fingerprint density at radius 1 is 1.11 bits per heavy atom. The number of pyridine rings is 1. The van der Waals surface area contributed by atoms with Crippen molar-refractivity contribution >= 4 is 21.4 Å². The first-order chi connectivity index (χ1) is 9.34. The molecule has 0 radical (unpaired) electrons. The van der Waals surface area contributed by atoms with Crippen LogP contribution in [0.5, 0.6) is 0 Å². The molecular formula is C16H15NOS. The standard InChI is InChI=1S/C16H15NOS/c18-15(8-7-13-5-1-2-10-17-13)14-6-3-4-12-9-11-19-16(12)14/h1-6,9-11,15,18H,7-8H2. The van der Waals surface area contributed by atoms with Crippen LogP contribution in [0.1, 0.15) is 23.8 Å². The Hall–Kier alpha value is -1.71. The third kappa shape index (κ3) is 2.67. The molecule has 1 unspecified atom stereocenters. The van der Waals surface area contributed by atoms with Crippen LogP contribution in [0.3, 0.4) is 0 Å². The minimum absolute atomic E-state index is 0.427. The number of hydrogen-bond acceptors (Lipinski definition) is 3. The Kier molecular flexibility index (Phi) is 3.58. The number of aliphatic hydroxyl groups is 1. The second-order valence-electron chi connectivity index (χ2n) is 4.56.